The Bertz CT molecular complexity index is 963. The zero-order valence-electron chi connectivity index (χ0n) is 17.2. The molecule has 0 radical (unpaired) electrons. The molecule has 160 valence electrons. The molecule has 0 unspecified atom stereocenters. The van der Waals surface area contributed by atoms with Gasteiger partial charge in [0.25, 0.3) is 5.56 Å². The van der Waals surface area contributed by atoms with Crippen molar-refractivity contribution in [3.63, 3.8) is 0 Å². The fourth-order valence-corrected chi connectivity index (χ4v) is 4.17. The van der Waals surface area contributed by atoms with Gasteiger partial charge in [-0.05, 0) is 50.3 Å². The monoisotopic (exact) mass is 414 g/mol. The first-order chi connectivity index (χ1) is 14.5. The number of hydrogen-bond acceptors (Lipinski definition) is 5. The van der Waals surface area contributed by atoms with Crippen LogP contribution in [0.4, 0.5) is 10.3 Å². The van der Waals surface area contributed by atoms with E-state index in [4.69, 9.17) is 4.74 Å². The number of aromatic amines is 1. The zero-order valence-corrected chi connectivity index (χ0v) is 17.2. The Morgan fingerprint density at radius 2 is 1.97 bits per heavy atom. The molecule has 4 rings (SSSR count). The van der Waals surface area contributed by atoms with Crippen molar-refractivity contribution in [2.75, 3.05) is 31.2 Å². The van der Waals surface area contributed by atoms with Crippen LogP contribution < -0.4 is 15.8 Å². The summed E-state index contributed by atoms with van der Waals surface area (Å²) in [4.78, 5) is 34.7. The van der Waals surface area contributed by atoms with Crippen LogP contribution in [0.5, 0.6) is 0 Å². The number of anilines is 1. The number of amides is 1. The first-order valence-electron chi connectivity index (χ1n) is 10.5. The maximum Gasteiger partial charge on any atom is 0.255 e. The predicted octanol–water partition coefficient (Wildman–Crippen LogP) is 2.18. The third-order valence-electron chi connectivity index (χ3n) is 6.11. The number of benzene rings is 1. The lowest BCUT2D eigenvalue weighted by Crippen LogP contribution is -2.50. The Hall–Kier alpha value is -2.74. The van der Waals surface area contributed by atoms with Crippen molar-refractivity contribution in [2.24, 2.45) is 0 Å². The minimum Gasteiger partial charge on any atom is -0.378 e. The van der Waals surface area contributed by atoms with E-state index in [9.17, 15) is 14.0 Å². The van der Waals surface area contributed by atoms with Gasteiger partial charge in [-0.15, -0.1) is 0 Å². The van der Waals surface area contributed by atoms with Gasteiger partial charge in [-0.2, -0.15) is 0 Å². The number of carbonyl (C=O) groups is 1. The van der Waals surface area contributed by atoms with E-state index in [1.807, 2.05) is 4.90 Å². The van der Waals surface area contributed by atoms with Crippen LogP contribution in [0.2, 0.25) is 0 Å². The van der Waals surface area contributed by atoms with Gasteiger partial charge in [0.2, 0.25) is 11.9 Å². The summed E-state index contributed by atoms with van der Waals surface area (Å²) >= 11 is 0. The van der Waals surface area contributed by atoms with Crippen molar-refractivity contribution in [1.29, 1.82) is 0 Å². The summed E-state index contributed by atoms with van der Waals surface area (Å²) in [5, 5.41) is 3.12. The SMILES string of the molecule is Cc1nc(N2CCOCC2)[nH]c(=O)c1CCC(=O)NC1(c2ccc(F)cc2)CCC1. The van der Waals surface area contributed by atoms with Crippen molar-refractivity contribution >= 4 is 11.9 Å². The molecular weight excluding hydrogens is 387 g/mol. The predicted molar refractivity (Wildman–Crippen MR) is 111 cm³/mol. The Kier molecular flexibility index (Phi) is 5.85. The Labute approximate surface area is 174 Å². The highest BCUT2D eigenvalue weighted by Gasteiger charge is 2.39. The average molecular weight is 414 g/mol. The second kappa shape index (κ2) is 8.55. The van der Waals surface area contributed by atoms with Crippen LogP contribution in [-0.4, -0.2) is 42.2 Å². The lowest BCUT2D eigenvalue weighted by atomic mass is 9.71. The van der Waals surface area contributed by atoms with Crippen molar-refractivity contribution in [1.82, 2.24) is 15.3 Å². The summed E-state index contributed by atoms with van der Waals surface area (Å²) in [5.41, 5.74) is 1.48. The van der Waals surface area contributed by atoms with Crippen LogP contribution in [-0.2, 0) is 21.5 Å². The summed E-state index contributed by atoms with van der Waals surface area (Å²) in [5.74, 6) is 0.149. The van der Waals surface area contributed by atoms with Gasteiger partial charge in [0, 0.05) is 30.8 Å². The standard InChI is InChI=1S/C22H27FN4O3/c1-15-18(20(29)25-21(24-15)27-11-13-30-14-12-27)7-8-19(28)26-22(9-2-10-22)16-3-5-17(23)6-4-16/h3-6H,2,7-14H2,1H3,(H,26,28)(H,24,25,29). The number of aryl methyl sites for hydroxylation is 1. The van der Waals surface area contributed by atoms with Crippen molar-refractivity contribution < 1.29 is 13.9 Å². The average Bonchev–Trinajstić information content (AvgIpc) is 2.71. The Balaban J connectivity index is 1.41. The fourth-order valence-electron chi connectivity index (χ4n) is 4.17. The molecule has 2 aliphatic rings. The first-order valence-corrected chi connectivity index (χ1v) is 10.5. The fraction of sp³-hybridized carbons (Fsp3) is 0.500. The first kappa shape index (κ1) is 20.5. The Morgan fingerprint density at radius 3 is 2.57 bits per heavy atom. The summed E-state index contributed by atoms with van der Waals surface area (Å²) in [6.45, 7) is 4.41. The number of aromatic nitrogens is 2. The van der Waals surface area contributed by atoms with E-state index in [0.29, 0.717) is 49.9 Å². The molecule has 0 bridgehead atoms. The zero-order chi connectivity index (χ0) is 21.1. The van der Waals surface area contributed by atoms with Crippen molar-refractivity contribution in [2.45, 2.75) is 44.6 Å². The third-order valence-corrected chi connectivity index (χ3v) is 6.11. The molecule has 0 spiro atoms. The van der Waals surface area contributed by atoms with Gasteiger partial charge in [0.1, 0.15) is 5.82 Å². The van der Waals surface area contributed by atoms with E-state index in [-0.39, 0.29) is 23.7 Å². The summed E-state index contributed by atoms with van der Waals surface area (Å²) < 4.78 is 18.6. The molecule has 8 heteroatoms. The van der Waals surface area contributed by atoms with E-state index in [1.165, 1.54) is 12.1 Å². The lowest BCUT2D eigenvalue weighted by molar-refractivity contribution is -0.124. The molecule has 30 heavy (non-hydrogen) atoms. The molecular formula is C22H27FN4O3. The maximum atomic E-state index is 13.3. The minimum absolute atomic E-state index is 0.116. The summed E-state index contributed by atoms with van der Waals surface area (Å²) in [7, 11) is 0. The minimum atomic E-state index is -0.426. The van der Waals surface area contributed by atoms with E-state index < -0.39 is 5.54 Å². The number of H-pyrrole nitrogens is 1. The number of carbonyl (C=O) groups excluding carboxylic acids is 1. The van der Waals surface area contributed by atoms with Gasteiger partial charge < -0.3 is 15.0 Å². The van der Waals surface area contributed by atoms with Crippen LogP contribution in [0, 0.1) is 12.7 Å². The highest BCUT2D eigenvalue weighted by molar-refractivity contribution is 5.77. The number of nitrogens with one attached hydrogen (secondary N) is 2. The quantitative estimate of drug-likeness (QED) is 0.757. The molecule has 2 heterocycles. The topological polar surface area (TPSA) is 87.3 Å². The Morgan fingerprint density at radius 1 is 1.27 bits per heavy atom. The highest BCUT2D eigenvalue weighted by atomic mass is 19.1. The molecule has 2 N–H and O–H groups in total. The lowest BCUT2D eigenvalue weighted by Gasteiger charge is -2.43. The van der Waals surface area contributed by atoms with Crippen LogP contribution in [0.1, 0.15) is 42.5 Å². The molecule has 1 aromatic carbocycles. The van der Waals surface area contributed by atoms with E-state index in [0.717, 1.165) is 24.8 Å². The van der Waals surface area contributed by atoms with Crippen LogP contribution >= 0.6 is 0 Å². The molecule has 1 saturated carbocycles. The second-order valence-corrected chi connectivity index (χ2v) is 8.04. The van der Waals surface area contributed by atoms with Crippen LogP contribution in [0.3, 0.4) is 0 Å². The molecule has 2 fully saturated rings. The van der Waals surface area contributed by atoms with E-state index in [2.05, 4.69) is 15.3 Å². The molecule has 1 aliphatic carbocycles. The normalized spacial score (nSPS) is 18.0. The number of nitrogens with zero attached hydrogens (tertiary/aromatic N) is 2. The second-order valence-electron chi connectivity index (χ2n) is 8.04. The largest absolute Gasteiger partial charge is 0.378 e. The van der Waals surface area contributed by atoms with Gasteiger partial charge in [-0.3, -0.25) is 14.6 Å². The highest BCUT2D eigenvalue weighted by Crippen LogP contribution is 2.41. The smallest absolute Gasteiger partial charge is 0.255 e. The molecule has 0 atom stereocenters. The van der Waals surface area contributed by atoms with Gasteiger partial charge >= 0.3 is 0 Å². The molecule has 1 amide bonds. The van der Waals surface area contributed by atoms with Crippen LogP contribution in [0.15, 0.2) is 29.1 Å². The molecule has 1 saturated heterocycles. The maximum absolute atomic E-state index is 13.3. The van der Waals surface area contributed by atoms with Gasteiger partial charge in [0.15, 0.2) is 0 Å². The molecule has 7 nitrogen and oxygen atoms in total. The number of halogens is 1. The third kappa shape index (κ3) is 4.23. The molecule has 1 aromatic heterocycles. The summed E-state index contributed by atoms with van der Waals surface area (Å²) in [6, 6.07) is 6.31. The van der Waals surface area contributed by atoms with Gasteiger partial charge in [0.05, 0.1) is 18.8 Å². The van der Waals surface area contributed by atoms with E-state index >= 15 is 0 Å². The van der Waals surface area contributed by atoms with Crippen LogP contribution in [0.25, 0.3) is 0 Å². The van der Waals surface area contributed by atoms with Gasteiger partial charge in [-0.1, -0.05) is 12.1 Å². The number of rotatable bonds is 6. The number of morpholine rings is 1. The molecule has 2 aromatic rings. The summed E-state index contributed by atoms with van der Waals surface area (Å²) in [6.07, 6.45) is 3.21. The number of hydrogen-bond donors (Lipinski definition) is 2. The van der Waals surface area contributed by atoms with Gasteiger partial charge in [-0.25, -0.2) is 9.37 Å². The van der Waals surface area contributed by atoms with Crippen molar-refractivity contribution in [3.05, 3.63) is 57.3 Å². The van der Waals surface area contributed by atoms with Crippen molar-refractivity contribution in [3.8, 4) is 0 Å². The molecule has 1 aliphatic heterocycles. The number of ether oxygens (including phenoxy) is 1. The van der Waals surface area contributed by atoms with E-state index in [1.54, 1.807) is 19.1 Å².